The first kappa shape index (κ1) is 39.8. The number of piperidine rings is 3. The van der Waals surface area contributed by atoms with Crippen LogP contribution >= 0.6 is 0 Å². The Kier molecular flexibility index (Phi) is 11.6. The summed E-state index contributed by atoms with van der Waals surface area (Å²) >= 11 is 0. The number of benzene rings is 3. The lowest BCUT2D eigenvalue weighted by Crippen LogP contribution is -3.00. The second kappa shape index (κ2) is 14.6. The van der Waals surface area contributed by atoms with Crippen molar-refractivity contribution >= 4 is 10.9 Å². The molecule has 3 aliphatic rings. The van der Waals surface area contributed by atoms with Crippen LogP contribution in [-0.2, 0) is 31.6 Å². The molecule has 4 aromatic rings. The fraction of sp³-hybridized carbons (Fsp3) is 0.361. The van der Waals surface area contributed by atoms with E-state index in [4.69, 9.17) is 0 Å². The third-order valence-corrected chi connectivity index (χ3v) is 10.1. The van der Waals surface area contributed by atoms with Crippen molar-refractivity contribution in [3.8, 4) is 0 Å². The van der Waals surface area contributed by atoms with Crippen LogP contribution in [0, 0.1) is 11.8 Å². The maximum atomic E-state index is 13.8. The number of pyridine rings is 1. The van der Waals surface area contributed by atoms with E-state index in [-0.39, 0.29) is 75.0 Å². The van der Waals surface area contributed by atoms with Crippen LogP contribution in [0.3, 0.4) is 0 Å². The van der Waals surface area contributed by atoms with Crippen molar-refractivity contribution in [1.29, 1.82) is 0 Å². The van der Waals surface area contributed by atoms with Crippen molar-refractivity contribution < 1.29 is 87.6 Å². The average molecular weight is 840 g/mol. The first-order valence-corrected chi connectivity index (χ1v) is 15.5. The fourth-order valence-corrected chi connectivity index (χ4v) is 7.81. The molecule has 0 saturated carbocycles. The molecule has 0 aliphatic carbocycles. The first-order chi connectivity index (χ1) is 22.5. The van der Waals surface area contributed by atoms with Gasteiger partial charge in [-0.05, 0) is 42.3 Å². The third-order valence-electron chi connectivity index (χ3n) is 10.1. The van der Waals surface area contributed by atoms with Crippen molar-refractivity contribution in [1.82, 2.24) is 0 Å². The highest BCUT2D eigenvalue weighted by Crippen LogP contribution is 2.48. The summed E-state index contributed by atoms with van der Waals surface area (Å²) in [4.78, 5) is 0. The van der Waals surface area contributed by atoms with Gasteiger partial charge in [0, 0.05) is 47.6 Å². The maximum absolute atomic E-state index is 13.8. The number of hydrogen-bond donors (Lipinski definition) is 1. The summed E-state index contributed by atoms with van der Waals surface area (Å²) in [5.74, 6) is 0.104. The van der Waals surface area contributed by atoms with Gasteiger partial charge in [-0.3, -0.25) is 0 Å². The second-order valence-corrected chi connectivity index (χ2v) is 13.0. The second-order valence-electron chi connectivity index (χ2n) is 13.0. The number of nitrogens with zero attached hydrogens (tertiary/aromatic N) is 2. The van der Waals surface area contributed by atoms with Crippen LogP contribution in [0.2, 0.25) is 0 Å². The third kappa shape index (κ3) is 7.93. The largest absolute Gasteiger partial charge is 1.00 e. The van der Waals surface area contributed by atoms with Gasteiger partial charge in [0.2, 0.25) is 5.52 Å². The molecule has 0 radical (unpaired) electrons. The lowest BCUT2D eigenvalue weighted by Gasteiger charge is -2.58. The molecular weight excluding hydrogens is 807 g/mol. The van der Waals surface area contributed by atoms with E-state index in [2.05, 4.69) is 6.58 Å². The Labute approximate surface area is 304 Å². The predicted octanol–water partition coefficient (Wildman–Crippen LogP) is 2.88. The zero-order chi connectivity index (χ0) is 34.6. The van der Waals surface area contributed by atoms with Gasteiger partial charge in [0.1, 0.15) is 18.7 Å². The molecule has 0 spiro atoms. The number of fused-ring (bicyclic) bond motifs is 4. The van der Waals surface area contributed by atoms with Crippen LogP contribution in [0.4, 0.5) is 39.5 Å². The number of aromatic nitrogens is 1. The van der Waals surface area contributed by atoms with E-state index in [1.807, 2.05) is 0 Å². The summed E-state index contributed by atoms with van der Waals surface area (Å²) in [5.41, 5.74) is -2.06. The lowest BCUT2D eigenvalue weighted by molar-refractivity contribution is -0.985. The number of aliphatic hydroxyl groups excluding tert-OH is 1. The van der Waals surface area contributed by atoms with E-state index < -0.39 is 47.4 Å². The van der Waals surface area contributed by atoms with Gasteiger partial charge in [-0.25, -0.2) is 0 Å². The van der Waals surface area contributed by atoms with E-state index in [9.17, 15) is 44.6 Å². The molecule has 1 aromatic heterocycles. The summed E-state index contributed by atoms with van der Waals surface area (Å²) in [6.45, 7) is 4.75. The molecule has 50 heavy (non-hydrogen) atoms. The van der Waals surface area contributed by atoms with E-state index in [0.717, 1.165) is 24.3 Å². The summed E-state index contributed by atoms with van der Waals surface area (Å²) in [5, 5.41) is 12.7. The smallest absolute Gasteiger partial charge is 0.416 e. The molecule has 0 amide bonds. The van der Waals surface area contributed by atoms with Crippen molar-refractivity contribution in [2.24, 2.45) is 11.8 Å². The first-order valence-electron chi connectivity index (χ1n) is 15.5. The van der Waals surface area contributed by atoms with E-state index in [1.165, 1.54) is 6.07 Å². The Morgan fingerprint density at radius 2 is 1.42 bits per heavy atom. The molecule has 3 nitrogen and oxygen atoms in total. The zero-order valence-electron chi connectivity index (χ0n) is 26.3. The molecule has 2 bridgehead atoms. The molecule has 3 fully saturated rings. The quantitative estimate of drug-likeness (QED) is 0.132. The molecule has 3 aliphatic heterocycles. The average Bonchev–Trinajstić information content (AvgIpc) is 3.03. The van der Waals surface area contributed by atoms with Crippen LogP contribution in [0.15, 0.2) is 91.6 Å². The number of quaternary nitrogens is 1. The SMILES string of the molecule is C=C[C@H]1C[N@+]2(Cc3cc(C(F)(F)F)cc(C(F)(F)F)c3)CC[C@H]1C[C@H]2[C@H](O)c1cc[n+](Cc2cccc(C(F)(F)F)c2)c2ccccc12.[Br-].[Br-]. The highest BCUT2D eigenvalue weighted by Gasteiger charge is 2.54. The molecule has 270 valence electrons. The topological polar surface area (TPSA) is 24.1 Å². The molecule has 5 atom stereocenters. The Balaban J connectivity index is 0.00000281. The van der Waals surface area contributed by atoms with Crippen molar-refractivity contribution in [3.05, 3.63) is 125 Å². The summed E-state index contributed by atoms with van der Waals surface area (Å²) in [6, 6.07) is 14.9. The number of para-hydroxylation sites is 1. The Morgan fingerprint density at radius 3 is 2.04 bits per heavy atom. The van der Waals surface area contributed by atoms with Gasteiger partial charge >= 0.3 is 18.5 Å². The van der Waals surface area contributed by atoms with Gasteiger partial charge in [-0.1, -0.05) is 30.3 Å². The Bertz CT molecular complexity index is 1810. The molecule has 0 unspecified atom stereocenters. The van der Waals surface area contributed by atoms with E-state index >= 15 is 0 Å². The minimum atomic E-state index is -4.99. The number of halogens is 11. The van der Waals surface area contributed by atoms with Crippen molar-refractivity contribution in [2.45, 2.75) is 56.6 Å². The molecule has 7 rings (SSSR count). The standard InChI is InChI=1S/C36H33F9N2O.2BrH/c1-2-24-21-47(20-23-15-27(35(40,41)42)18-28(16-23)36(43,44)45)13-11-25(24)17-32(47)33(48)30-10-12-46(31-9-4-3-8-29(30)31)19-22-6-5-7-26(14-22)34(37,38)39;;/h2-10,12,14-16,18,24-25,32-33,48H,1,11,13,17,19-21H2;2*1H/q+2;;/p-2/t24-,25-,32-,33+,47+;;/m0../s1. The van der Waals surface area contributed by atoms with Crippen LogP contribution in [-0.4, -0.2) is 28.7 Å². The van der Waals surface area contributed by atoms with Gasteiger partial charge in [0.25, 0.3) is 0 Å². The summed E-state index contributed by atoms with van der Waals surface area (Å²) in [6.07, 6.45) is -11.0. The number of alkyl halides is 9. The van der Waals surface area contributed by atoms with Crippen LogP contribution < -0.4 is 38.5 Å². The number of aliphatic hydroxyl groups is 1. The Morgan fingerprint density at radius 1 is 0.800 bits per heavy atom. The molecular formula is C36H33Br2F9N2O. The molecule has 3 saturated heterocycles. The van der Waals surface area contributed by atoms with Crippen molar-refractivity contribution in [3.63, 3.8) is 0 Å². The lowest BCUT2D eigenvalue weighted by atomic mass is 9.71. The van der Waals surface area contributed by atoms with Crippen LogP contribution in [0.25, 0.3) is 10.9 Å². The van der Waals surface area contributed by atoms with Gasteiger partial charge < -0.3 is 43.6 Å². The fourth-order valence-electron chi connectivity index (χ4n) is 7.81. The normalized spacial score (nSPS) is 22.8. The predicted molar refractivity (Wildman–Crippen MR) is 160 cm³/mol. The van der Waals surface area contributed by atoms with Gasteiger partial charge in [-0.2, -0.15) is 44.1 Å². The van der Waals surface area contributed by atoms with Gasteiger partial charge in [-0.15, -0.1) is 6.58 Å². The molecule has 1 N–H and O–H groups in total. The van der Waals surface area contributed by atoms with E-state index in [0.29, 0.717) is 48.0 Å². The summed E-state index contributed by atoms with van der Waals surface area (Å²) in [7, 11) is 0. The zero-order valence-corrected chi connectivity index (χ0v) is 29.5. The van der Waals surface area contributed by atoms with Crippen LogP contribution in [0.1, 0.15) is 52.3 Å². The van der Waals surface area contributed by atoms with Crippen LogP contribution in [0.5, 0.6) is 0 Å². The highest BCUT2D eigenvalue weighted by molar-refractivity contribution is 5.79. The Hall–Kier alpha value is -2.94. The minimum Gasteiger partial charge on any atom is -1.00 e. The van der Waals surface area contributed by atoms with Gasteiger partial charge in [0.05, 0.1) is 35.2 Å². The molecule has 3 aromatic carbocycles. The molecule has 14 heteroatoms. The summed E-state index contributed by atoms with van der Waals surface area (Å²) < 4.78 is 124. The molecule has 4 heterocycles. The highest BCUT2D eigenvalue weighted by atomic mass is 79.9. The minimum absolute atomic E-state index is 0. The number of rotatable bonds is 7. The monoisotopic (exact) mass is 838 g/mol. The van der Waals surface area contributed by atoms with Gasteiger partial charge in [0.15, 0.2) is 12.7 Å². The van der Waals surface area contributed by atoms with E-state index in [1.54, 1.807) is 53.2 Å². The maximum Gasteiger partial charge on any atom is 0.416 e. The van der Waals surface area contributed by atoms with Crippen molar-refractivity contribution in [2.75, 3.05) is 13.1 Å². The number of hydrogen-bond acceptors (Lipinski definition) is 1.